The van der Waals surface area contributed by atoms with Gasteiger partial charge in [0, 0.05) is 23.1 Å². The van der Waals surface area contributed by atoms with Gasteiger partial charge >= 0.3 is 6.16 Å². The fourth-order valence-corrected chi connectivity index (χ4v) is 3.58. The van der Waals surface area contributed by atoms with Gasteiger partial charge in [-0.25, -0.2) is 4.79 Å². The number of ether oxygens (including phenoxy) is 2. The molecule has 6 heteroatoms. The largest absolute Gasteiger partial charge is 0.513 e. The molecule has 0 amide bonds. The lowest BCUT2D eigenvalue weighted by Crippen LogP contribution is -2.15. The molecule has 0 aromatic heterocycles. The molecule has 182 valence electrons. The maximum atomic E-state index is 13.3. The first-order valence-electron chi connectivity index (χ1n) is 12.1. The van der Waals surface area contributed by atoms with Gasteiger partial charge in [-0.1, -0.05) is 76.6 Å². The van der Waals surface area contributed by atoms with Crippen molar-refractivity contribution >= 4 is 24.0 Å². The fourth-order valence-electron chi connectivity index (χ4n) is 3.58. The first kappa shape index (κ1) is 27.0. The molecule has 2 aromatic carbocycles. The number of rotatable bonds is 15. The number of carbonyl (C=O) groups excluding carboxylic acids is 4. The van der Waals surface area contributed by atoms with Crippen LogP contribution in [0.3, 0.4) is 0 Å². The average molecular weight is 467 g/mol. The van der Waals surface area contributed by atoms with Crippen LogP contribution in [0, 0.1) is 0 Å². The van der Waals surface area contributed by atoms with Crippen molar-refractivity contribution in [1.29, 1.82) is 0 Å². The van der Waals surface area contributed by atoms with Crippen LogP contribution in [0.2, 0.25) is 0 Å². The summed E-state index contributed by atoms with van der Waals surface area (Å²) >= 11 is 0. The molecule has 6 nitrogen and oxygen atoms in total. The van der Waals surface area contributed by atoms with Gasteiger partial charge in [0.05, 0.1) is 12.2 Å². The Morgan fingerprint density at radius 2 is 1.53 bits per heavy atom. The zero-order valence-electron chi connectivity index (χ0n) is 20.1. The molecule has 0 bridgehead atoms. The first-order valence-corrected chi connectivity index (χ1v) is 12.1. The van der Waals surface area contributed by atoms with E-state index in [9.17, 15) is 19.2 Å². The van der Waals surface area contributed by atoms with Crippen LogP contribution >= 0.6 is 0 Å². The van der Waals surface area contributed by atoms with Crippen LogP contribution in [0.1, 0.15) is 108 Å². The standard InChI is InChI=1S/C28H34O6/c1-3-5-7-8-9-15-25(30)21-16-17-26(34-28(32)33-18-12-6-4-2)24(19-21)27(31)23-14-11-10-13-22(23)20-29/h10-11,13-14,16-17,19-20H,3-9,12,15,18H2,1-2H3. The number of carbonyl (C=O) groups is 4. The molecule has 0 aliphatic carbocycles. The molecule has 0 aliphatic heterocycles. The summed E-state index contributed by atoms with van der Waals surface area (Å²) in [6, 6.07) is 10.8. The van der Waals surface area contributed by atoms with Crippen molar-refractivity contribution in [2.75, 3.05) is 6.61 Å². The predicted molar refractivity (Wildman–Crippen MR) is 131 cm³/mol. The van der Waals surface area contributed by atoms with Crippen LogP contribution in [0.5, 0.6) is 5.75 Å². The SMILES string of the molecule is CCCCCCCC(=O)c1ccc(OC(=O)OCCCCC)c(C(=O)c2ccccc2C=O)c1. The highest BCUT2D eigenvalue weighted by Crippen LogP contribution is 2.26. The van der Waals surface area contributed by atoms with E-state index in [1.807, 2.05) is 6.92 Å². The molecule has 0 radical (unpaired) electrons. The van der Waals surface area contributed by atoms with E-state index in [4.69, 9.17) is 9.47 Å². The minimum Gasteiger partial charge on any atom is -0.434 e. The second-order valence-electron chi connectivity index (χ2n) is 8.24. The Morgan fingerprint density at radius 3 is 2.26 bits per heavy atom. The van der Waals surface area contributed by atoms with Crippen molar-refractivity contribution in [3.05, 3.63) is 64.7 Å². The maximum absolute atomic E-state index is 13.3. The molecule has 0 saturated heterocycles. The van der Waals surface area contributed by atoms with E-state index >= 15 is 0 Å². The second kappa shape index (κ2) is 14.8. The van der Waals surface area contributed by atoms with Crippen molar-refractivity contribution in [3.8, 4) is 5.75 Å². The van der Waals surface area contributed by atoms with Crippen molar-refractivity contribution in [1.82, 2.24) is 0 Å². The molecule has 0 N–H and O–H groups in total. The Kier molecular flexibility index (Phi) is 11.7. The van der Waals surface area contributed by atoms with Crippen molar-refractivity contribution < 1.29 is 28.7 Å². The molecule has 0 aliphatic rings. The highest BCUT2D eigenvalue weighted by molar-refractivity contribution is 6.15. The lowest BCUT2D eigenvalue weighted by atomic mass is 9.95. The summed E-state index contributed by atoms with van der Waals surface area (Å²) in [5.41, 5.74) is 0.791. The Morgan fingerprint density at radius 1 is 0.824 bits per heavy atom. The molecule has 0 fully saturated rings. The number of ketones is 2. The molecular formula is C28H34O6. The normalized spacial score (nSPS) is 10.5. The van der Waals surface area contributed by atoms with E-state index in [2.05, 4.69) is 6.92 Å². The Hall–Kier alpha value is -3.28. The van der Waals surface area contributed by atoms with E-state index in [-0.39, 0.29) is 34.8 Å². The topological polar surface area (TPSA) is 86.7 Å². The number of unbranched alkanes of at least 4 members (excludes halogenated alkanes) is 6. The fraction of sp³-hybridized carbons (Fsp3) is 0.429. The summed E-state index contributed by atoms with van der Waals surface area (Å²) in [6.45, 7) is 4.40. The number of benzene rings is 2. The smallest absolute Gasteiger partial charge is 0.434 e. The molecule has 0 atom stereocenters. The van der Waals surface area contributed by atoms with Gasteiger partial charge in [-0.2, -0.15) is 0 Å². The van der Waals surface area contributed by atoms with Gasteiger partial charge in [0.2, 0.25) is 0 Å². The average Bonchev–Trinajstić information content (AvgIpc) is 2.86. The van der Waals surface area contributed by atoms with E-state index in [1.54, 1.807) is 18.2 Å². The van der Waals surface area contributed by atoms with Crippen LogP contribution < -0.4 is 4.74 Å². The number of aldehydes is 1. The quantitative estimate of drug-likeness (QED) is 0.0925. The van der Waals surface area contributed by atoms with E-state index < -0.39 is 11.9 Å². The number of hydrogen-bond acceptors (Lipinski definition) is 6. The third-order valence-electron chi connectivity index (χ3n) is 5.55. The number of Topliss-reactive ketones (excluding diaryl/α,β-unsaturated/α-hetero) is 1. The Labute approximate surface area is 201 Å². The Balaban J connectivity index is 2.26. The van der Waals surface area contributed by atoms with Crippen LogP contribution in [0.25, 0.3) is 0 Å². The second-order valence-corrected chi connectivity index (χ2v) is 8.24. The summed E-state index contributed by atoms with van der Waals surface area (Å²) in [4.78, 5) is 49.7. The highest BCUT2D eigenvalue weighted by Gasteiger charge is 2.22. The lowest BCUT2D eigenvalue weighted by Gasteiger charge is -2.12. The van der Waals surface area contributed by atoms with E-state index in [1.165, 1.54) is 24.3 Å². The highest BCUT2D eigenvalue weighted by atomic mass is 16.7. The summed E-state index contributed by atoms with van der Waals surface area (Å²) in [5.74, 6) is -0.595. The zero-order chi connectivity index (χ0) is 24.8. The van der Waals surface area contributed by atoms with Gasteiger partial charge in [0.1, 0.15) is 5.75 Å². The third-order valence-corrected chi connectivity index (χ3v) is 5.55. The van der Waals surface area contributed by atoms with Crippen LogP contribution in [0.4, 0.5) is 4.79 Å². The van der Waals surface area contributed by atoms with E-state index in [0.29, 0.717) is 18.3 Å². The number of hydrogen-bond donors (Lipinski definition) is 0. The van der Waals surface area contributed by atoms with Gasteiger partial charge < -0.3 is 9.47 Å². The van der Waals surface area contributed by atoms with Crippen LogP contribution in [-0.4, -0.2) is 30.6 Å². The lowest BCUT2D eigenvalue weighted by molar-refractivity contribution is 0.0955. The molecule has 34 heavy (non-hydrogen) atoms. The molecule has 2 aromatic rings. The van der Waals surface area contributed by atoms with Gasteiger partial charge in [-0.3, -0.25) is 14.4 Å². The van der Waals surface area contributed by atoms with Gasteiger partial charge in [0.25, 0.3) is 0 Å². The third kappa shape index (κ3) is 8.25. The molecule has 0 unspecified atom stereocenters. The van der Waals surface area contributed by atoms with Crippen LogP contribution in [-0.2, 0) is 4.74 Å². The minimum atomic E-state index is -0.913. The minimum absolute atomic E-state index is 0.00862. The van der Waals surface area contributed by atoms with Gasteiger partial charge in [-0.05, 0) is 31.0 Å². The Bertz CT molecular complexity index is 979. The molecule has 0 saturated carbocycles. The molecule has 0 spiro atoms. The van der Waals surface area contributed by atoms with Crippen LogP contribution in [0.15, 0.2) is 42.5 Å². The zero-order valence-corrected chi connectivity index (χ0v) is 20.1. The van der Waals surface area contributed by atoms with Crippen molar-refractivity contribution in [2.24, 2.45) is 0 Å². The van der Waals surface area contributed by atoms with Gasteiger partial charge in [0.15, 0.2) is 17.9 Å². The summed E-state index contributed by atoms with van der Waals surface area (Å²) in [6.07, 6.45) is 7.80. The maximum Gasteiger partial charge on any atom is 0.513 e. The molecule has 2 rings (SSSR count). The summed E-state index contributed by atoms with van der Waals surface area (Å²) in [5, 5.41) is 0. The molecular weight excluding hydrogens is 432 g/mol. The summed E-state index contributed by atoms with van der Waals surface area (Å²) < 4.78 is 10.4. The first-order chi connectivity index (χ1) is 16.5. The van der Waals surface area contributed by atoms with Gasteiger partial charge in [-0.15, -0.1) is 0 Å². The van der Waals surface area contributed by atoms with E-state index in [0.717, 1.165) is 51.4 Å². The van der Waals surface area contributed by atoms with Crippen molar-refractivity contribution in [3.63, 3.8) is 0 Å². The summed E-state index contributed by atoms with van der Waals surface area (Å²) in [7, 11) is 0. The monoisotopic (exact) mass is 466 g/mol. The molecule has 0 heterocycles. The van der Waals surface area contributed by atoms with Crippen molar-refractivity contribution in [2.45, 2.75) is 71.6 Å². The predicted octanol–water partition coefficient (Wildman–Crippen LogP) is 6.98.